The molecule has 0 aliphatic carbocycles. The number of nitrogens with one attached hydrogen (secondary N) is 1. The lowest BCUT2D eigenvalue weighted by atomic mass is 9.79. The number of carbonyl (C=O) groups is 1. The van der Waals surface area contributed by atoms with E-state index in [0.29, 0.717) is 27.7 Å². The SMILES string of the molecule is COc1ccccc1[C@@H]1C(C#N)=C(SCc2ccccc2)NC(=O)[C@@H]1C#N. The van der Waals surface area contributed by atoms with Crippen molar-refractivity contribution in [1.29, 1.82) is 10.5 Å². The largest absolute Gasteiger partial charge is 0.496 e. The average Bonchev–Trinajstić information content (AvgIpc) is 2.72. The van der Waals surface area contributed by atoms with Crippen molar-refractivity contribution in [2.24, 2.45) is 5.92 Å². The van der Waals surface area contributed by atoms with E-state index in [2.05, 4.69) is 17.5 Å². The quantitative estimate of drug-likeness (QED) is 0.861. The molecule has 2 aromatic rings. The molecule has 0 saturated carbocycles. The van der Waals surface area contributed by atoms with E-state index in [1.54, 1.807) is 12.1 Å². The van der Waals surface area contributed by atoms with E-state index in [1.165, 1.54) is 18.9 Å². The zero-order valence-electron chi connectivity index (χ0n) is 14.7. The highest BCUT2D eigenvalue weighted by Gasteiger charge is 2.40. The molecule has 1 N–H and O–H groups in total. The molecule has 0 saturated heterocycles. The summed E-state index contributed by atoms with van der Waals surface area (Å²) >= 11 is 1.39. The molecule has 134 valence electrons. The summed E-state index contributed by atoms with van der Waals surface area (Å²) in [6.07, 6.45) is 0. The summed E-state index contributed by atoms with van der Waals surface area (Å²) in [4.78, 5) is 12.6. The Morgan fingerprint density at radius 2 is 1.81 bits per heavy atom. The van der Waals surface area contributed by atoms with Crippen LogP contribution < -0.4 is 10.1 Å². The second-order valence-corrected chi connectivity index (χ2v) is 6.93. The predicted octanol–water partition coefficient (Wildman–Crippen LogP) is 3.72. The molecule has 2 atom stereocenters. The number of hydrogen-bond acceptors (Lipinski definition) is 5. The first-order chi connectivity index (χ1) is 13.2. The lowest BCUT2D eigenvalue weighted by molar-refractivity contribution is -0.123. The predicted molar refractivity (Wildman–Crippen MR) is 103 cm³/mol. The summed E-state index contributed by atoms with van der Waals surface area (Å²) in [5.74, 6) is -0.891. The Bertz CT molecular complexity index is 957. The van der Waals surface area contributed by atoms with Crippen molar-refractivity contribution in [3.05, 3.63) is 76.3 Å². The van der Waals surface area contributed by atoms with Crippen molar-refractivity contribution in [2.45, 2.75) is 11.7 Å². The Kier molecular flexibility index (Phi) is 5.80. The van der Waals surface area contributed by atoms with Gasteiger partial charge in [-0.05, 0) is 11.6 Å². The molecule has 1 aliphatic rings. The summed E-state index contributed by atoms with van der Waals surface area (Å²) in [7, 11) is 1.53. The third-order valence-electron chi connectivity index (χ3n) is 4.37. The number of hydrogen-bond donors (Lipinski definition) is 1. The lowest BCUT2D eigenvalue weighted by Gasteiger charge is -2.29. The van der Waals surface area contributed by atoms with Gasteiger partial charge in [-0.2, -0.15) is 10.5 Å². The van der Waals surface area contributed by atoms with Crippen LogP contribution in [-0.2, 0) is 10.5 Å². The summed E-state index contributed by atoms with van der Waals surface area (Å²) in [5.41, 5.74) is 2.13. The maximum atomic E-state index is 12.6. The number of thioether (sulfide) groups is 1. The van der Waals surface area contributed by atoms with Crippen LogP contribution in [0.4, 0.5) is 0 Å². The van der Waals surface area contributed by atoms with Crippen molar-refractivity contribution in [2.75, 3.05) is 7.11 Å². The highest BCUT2D eigenvalue weighted by Crippen LogP contribution is 2.42. The number of ether oxygens (including phenoxy) is 1. The molecule has 0 radical (unpaired) electrons. The normalized spacial score (nSPS) is 19.0. The van der Waals surface area contributed by atoms with Crippen LogP contribution in [0.15, 0.2) is 65.2 Å². The number of allylic oxidation sites excluding steroid dienone is 1. The summed E-state index contributed by atoms with van der Waals surface area (Å²) in [5, 5.41) is 22.6. The highest BCUT2D eigenvalue weighted by molar-refractivity contribution is 8.02. The Morgan fingerprint density at radius 1 is 1.11 bits per heavy atom. The molecule has 6 heteroatoms. The van der Waals surface area contributed by atoms with Gasteiger partial charge in [0.25, 0.3) is 0 Å². The Labute approximate surface area is 162 Å². The van der Waals surface area contributed by atoms with Gasteiger partial charge in [-0.1, -0.05) is 48.5 Å². The third-order valence-corrected chi connectivity index (χ3v) is 5.46. The molecule has 1 heterocycles. The first kappa shape index (κ1) is 18.6. The maximum Gasteiger partial charge on any atom is 0.243 e. The van der Waals surface area contributed by atoms with Gasteiger partial charge < -0.3 is 10.1 Å². The molecule has 5 nitrogen and oxygen atoms in total. The zero-order valence-corrected chi connectivity index (χ0v) is 15.5. The number of rotatable bonds is 5. The van der Waals surface area contributed by atoms with Gasteiger partial charge in [0.15, 0.2) is 0 Å². The fourth-order valence-corrected chi connectivity index (χ4v) is 4.08. The van der Waals surface area contributed by atoms with E-state index >= 15 is 0 Å². The monoisotopic (exact) mass is 375 g/mol. The minimum absolute atomic E-state index is 0.381. The van der Waals surface area contributed by atoms with Crippen LogP contribution in [0.5, 0.6) is 5.75 Å². The molecule has 1 amide bonds. The lowest BCUT2D eigenvalue weighted by Crippen LogP contribution is -2.39. The number of carbonyl (C=O) groups excluding carboxylic acids is 1. The summed E-state index contributed by atoms with van der Waals surface area (Å²) in [6, 6.07) is 21.2. The van der Waals surface area contributed by atoms with Crippen LogP contribution in [0, 0.1) is 28.6 Å². The zero-order chi connectivity index (χ0) is 19.2. The molecule has 0 spiro atoms. The number of para-hydroxylation sites is 1. The molecular formula is C21H17N3O2S. The van der Waals surface area contributed by atoms with E-state index in [4.69, 9.17) is 4.74 Å². The highest BCUT2D eigenvalue weighted by atomic mass is 32.2. The molecule has 0 unspecified atom stereocenters. The molecule has 0 aromatic heterocycles. The van der Waals surface area contributed by atoms with Crippen molar-refractivity contribution in [3.63, 3.8) is 0 Å². The third kappa shape index (κ3) is 3.81. The Morgan fingerprint density at radius 3 is 2.48 bits per heavy atom. The minimum Gasteiger partial charge on any atom is -0.496 e. The molecule has 1 aliphatic heterocycles. The average molecular weight is 375 g/mol. The van der Waals surface area contributed by atoms with Crippen LogP contribution in [0.25, 0.3) is 0 Å². The van der Waals surface area contributed by atoms with Crippen LogP contribution in [0.1, 0.15) is 17.0 Å². The topological polar surface area (TPSA) is 85.9 Å². The van der Waals surface area contributed by atoms with Gasteiger partial charge >= 0.3 is 0 Å². The van der Waals surface area contributed by atoms with Crippen LogP contribution in [-0.4, -0.2) is 13.0 Å². The van der Waals surface area contributed by atoms with Crippen molar-refractivity contribution in [1.82, 2.24) is 5.32 Å². The number of nitriles is 2. The van der Waals surface area contributed by atoms with Crippen LogP contribution in [0.3, 0.4) is 0 Å². The maximum absolute atomic E-state index is 12.6. The first-order valence-electron chi connectivity index (χ1n) is 8.34. The van der Waals surface area contributed by atoms with Crippen molar-refractivity contribution < 1.29 is 9.53 Å². The van der Waals surface area contributed by atoms with Crippen molar-refractivity contribution >= 4 is 17.7 Å². The fourth-order valence-electron chi connectivity index (χ4n) is 3.07. The standard InChI is InChI=1S/C21H17N3O2S/c1-26-18-10-6-5-9-15(18)19-16(11-22)20(25)24-21(17(19)12-23)27-13-14-7-3-2-4-8-14/h2-10,16,19H,13H2,1H3,(H,24,25)/t16-,19+/m1/s1. The molecule has 3 rings (SSSR count). The van der Waals surface area contributed by atoms with E-state index in [-0.39, 0.29) is 0 Å². The van der Waals surface area contributed by atoms with Gasteiger partial charge in [0.05, 0.1) is 35.8 Å². The van der Waals surface area contributed by atoms with E-state index in [0.717, 1.165) is 5.56 Å². The second kappa shape index (κ2) is 8.44. The Hall–Kier alpha value is -3.22. The number of methoxy groups -OCH3 is 1. The summed E-state index contributed by atoms with van der Waals surface area (Å²) < 4.78 is 5.40. The van der Waals surface area contributed by atoms with Gasteiger partial charge in [0.2, 0.25) is 5.91 Å². The number of benzene rings is 2. The van der Waals surface area contributed by atoms with Gasteiger partial charge in [-0.25, -0.2) is 0 Å². The van der Waals surface area contributed by atoms with Crippen molar-refractivity contribution in [3.8, 4) is 17.9 Å². The van der Waals surface area contributed by atoms with E-state index in [1.807, 2.05) is 42.5 Å². The summed E-state index contributed by atoms with van der Waals surface area (Å²) in [6.45, 7) is 0. The van der Waals surface area contributed by atoms with Gasteiger partial charge in [-0.3, -0.25) is 4.79 Å². The second-order valence-electron chi connectivity index (χ2n) is 5.94. The molecular weight excluding hydrogens is 358 g/mol. The number of nitrogens with zero attached hydrogens (tertiary/aromatic N) is 2. The van der Waals surface area contributed by atoms with Gasteiger partial charge in [0, 0.05) is 11.3 Å². The number of amides is 1. The molecule has 0 fully saturated rings. The van der Waals surface area contributed by atoms with Crippen LogP contribution >= 0.6 is 11.8 Å². The van der Waals surface area contributed by atoms with E-state index in [9.17, 15) is 15.3 Å². The van der Waals surface area contributed by atoms with Gasteiger partial charge in [0.1, 0.15) is 11.7 Å². The van der Waals surface area contributed by atoms with Crippen LogP contribution in [0.2, 0.25) is 0 Å². The first-order valence-corrected chi connectivity index (χ1v) is 9.32. The minimum atomic E-state index is -0.989. The molecule has 0 bridgehead atoms. The van der Waals surface area contributed by atoms with E-state index < -0.39 is 17.7 Å². The molecule has 27 heavy (non-hydrogen) atoms. The fraction of sp³-hybridized carbons (Fsp3) is 0.190. The smallest absolute Gasteiger partial charge is 0.243 e. The Balaban J connectivity index is 2.03. The molecule has 2 aromatic carbocycles. The van der Waals surface area contributed by atoms with Gasteiger partial charge in [-0.15, -0.1) is 11.8 Å².